The molecule has 21 heavy (non-hydrogen) atoms. The summed E-state index contributed by atoms with van der Waals surface area (Å²) < 4.78 is 6.80. The van der Waals surface area contributed by atoms with Gasteiger partial charge >= 0.3 is 0 Å². The van der Waals surface area contributed by atoms with Crippen LogP contribution in [0.4, 0.5) is 0 Å². The van der Waals surface area contributed by atoms with Crippen molar-refractivity contribution in [3.8, 4) is 0 Å². The van der Waals surface area contributed by atoms with Crippen molar-refractivity contribution < 1.29 is 9.21 Å². The number of carbonyl (C=O) groups excluding carboxylic acids is 1. The number of hydrogen-bond donors (Lipinski definition) is 0. The minimum atomic E-state index is -0.0821. The third kappa shape index (κ3) is 3.28. The van der Waals surface area contributed by atoms with Crippen LogP contribution in [0.3, 0.4) is 0 Å². The first-order valence-corrected chi connectivity index (χ1v) is 8.18. The molecule has 6 heteroatoms. The summed E-state index contributed by atoms with van der Waals surface area (Å²) >= 11 is 10.0. The minimum absolute atomic E-state index is 0.0821. The highest BCUT2D eigenvalue weighted by Gasteiger charge is 2.32. The highest BCUT2D eigenvalue weighted by atomic mass is 79.9. The largest absolute Gasteiger partial charge is 0.467 e. The molecule has 0 radical (unpaired) electrons. The molecule has 1 fully saturated rings. The van der Waals surface area contributed by atoms with Crippen LogP contribution in [-0.2, 0) is 11.3 Å². The zero-order valence-corrected chi connectivity index (χ0v) is 14.0. The van der Waals surface area contributed by atoms with E-state index in [1.54, 1.807) is 17.2 Å². The predicted molar refractivity (Wildman–Crippen MR) is 91.6 cm³/mol. The van der Waals surface area contributed by atoms with Gasteiger partial charge in [0.2, 0.25) is 0 Å². The Morgan fingerprint density at radius 1 is 1.33 bits per heavy atom. The van der Waals surface area contributed by atoms with E-state index in [0.717, 1.165) is 15.8 Å². The molecule has 2 heterocycles. The molecular weight excluding hydrogens is 370 g/mol. The highest BCUT2D eigenvalue weighted by molar-refractivity contribution is 9.10. The van der Waals surface area contributed by atoms with Crippen molar-refractivity contribution in [1.29, 1.82) is 0 Å². The van der Waals surface area contributed by atoms with E-state index in [2.05, 4.69) is 15.9 Å². The maximum absolute atomic E-state index is 12.4. The van der Waals surface area contributed by atoms with E-state index in [-0.39, 0.29) is 5.91 Å². The number of hydrogen-bond acceptors (Lipinski definition) is 4. The number of furan rings is 1. The second-order valence-electron chi connectivity index (χ2n) is 4.40. The first kappa shape index (κ1) is 14.6. The first-order valence-electron chi connectivity index (χ1n) is 6.17. The Balaban J connectivity index is 1.83. The molecule has 0 spiro atoms. The summed E-state index contributed by atoms with van der Waals surface area (Å²) in [5.74, 6) is 0.636. The maximum Gasteiger partial charge on any atom is 0.266 e. The summed E-state index contributed by atoms with van der Waals surface area (Å²) in [6, 6.07) is 11.4. The Kier molecular flexibility index (Phi) is 4.28. The van der Waals surface area contributed by atoms with Crippen molar-refractivity contribution in [2.75, 3.05) is 0 Å². The molecule has 1 aromatic carbocycles. The van der Waals surface area contributed by atoms with Crippen LogP contribution in [0.1, 0.15) is 11.3 Å². The highest BCUT2D eigenvalue weighted by Crippen LogP contribution is 2.33. The summed E-state index contributed by atoms with van der Waals surface area (Å²) in [7, 11) is 0. The summed E-state index contributed by atoms with van der Waals surface area (Å²) in [5, 5.41) is 0. The van der Waals surface area contributed by atoms with E-state index in [1.807, 2.05) is 36.4 Å². The van der Waals surface area contributed by atoms with Gasteiger partial charge in [-0.2, -0.15) is 0 Å². The topological polar surface area (TPSA) is 33.5 Å². The van der Waals surface area contributed by atoms with Gasteiger partial charge in [0.1, 0.15) is 10.1 Å². The van der Waals surface area contributed by atoms with E-state index in [1.165, 1.54) is 11.8 Å². The van der Waals surface area contributed by atoms with Crippen molar-refractivity contribution in [2.24, 2.45) is 0 Å². The molecule has 1 aromatic heterocycles. The molecule has 0 N–H and O–H groups in total. The number of thioether (sulfide) groups is 1. The molecule has 3 rings (SSSR count). The van der Waals surface area contributed by atoms with Crippen molar-refractivity contribution in [3.63, 3.8) is 0 Å². The van der Waals surface area contributed by atoms with Gasteiger partial charge in [0.25, 0.3) is 5.91 Å². The molecular formula is C15H10BrNO2S2. The summed E-state index contributed by atoms with van der Waals surface area (Å²) in [6.07, 6.45) is 3.44. The Morgan fingerprint density at radius 2 is 2.19 bits per heavy atom. The lowest BCUT2D eigenvalue weighted by Gasteiger charge is -2.11. The molecule has 1 aliphatic rings. The van der Waals surface area contributed by atoms with E-state index in [9.17, 15) is 4.79 Å². The van der Waals surface area contributed by atoms with Crippen molar-refractivity contribution >= 4 is 56.2 Å². The first-order chi connectivity index (χ1) is 10.1. The van der Waals surface area contributed by atoms with E-state index >= 15 is 0 Å². The number of thiocarbonyl (C=S) groups is 1. The lowest BCUT2D eigenvalue weighted by molar-refractivity contribution is -0.122. The third-order valence-corrected chi connectivity index (χ3v) is 4.79. The van der Waals surface area contributed by atoms with Crippen molar-refractivity contribution in [3.05, 3.63) is 63.4 Å². The number of carbonyl (C=O) groups is 1. The number of benzene rings is 1. The number of halogens is 1. The Hall–Kier alpha value is -1.37. The average Bonchev–Trinajstić information content (AvgIpc) is 3.04. The van der Waals surface area contributed by atoms with E-state index in [4.69, 9.17) is 16.6 Å². The molecule has 0 atom stereocenters. The molecule has 0 unspecified atom stereocenters. The molecule has 1 amide bonds. The second kappa shape index (κ2) is 6.17. The monoisotopic (exact) mass is 379 g/mol. The van der Waals surface area contributed by atoms with Gasteiger partial charge in [0.05, 0.1) is 17.7 Å². The Bertz CT molecular complexity index is 725. The fraction of sp³-hybridized carbons (Fsp3) is 0.0667. The SMILES string of the molecule is O=C1/C(=C/c2cccc(Br)c2)SC(=S)N1Cc1ccco1. The van der Waals surface area contributed by atoms with Gasteiger partial charge in [-0.1, -0.05) is 52.0 Å². The third-order valence-electron chi connectivity index (χ3n) is 2.91. The Labute approximate surface area is 140 Å². The molecule has 0 aliphatic carbocycles. The van der Waals surface area contributed by atoms with Gasteiger partial charge in [0.15, 0.2) is 0 Å². The van der Waals surface area contributed by atoms with Crippen LogP contribution in [0, 0.1) is 0 Å². The molecule has 1 saturated heterocycles. The van der Waals surface area contributed by atoms with Gasteiger partial charge in [-0.25, -0.2) is 0 Å². The molecule has 3 nitrogen and oxygen atoms in total. The van der Waals surface area contributed by atoms with E-state index in [0.29, 0.717) is 15.8 Å². The average molecular weight is 380 g/mol. The van der Waals surface area contributed by atoms with Crippen molar-refractivity contribution in [1.82, 2.24) is 4.90 Å². The van der Waals surface area contributed by atoms with Crippen LogP contribution < -0.4 is 0 Å². The van der Waals surface area contributed by atoms with Gasteiger partial charge < -0.3 is 4.42 Å². The molecule has 0 saturated carbocycles. The van der Waals surface area contributed by atoms with Gasteiger partial charge in [0, 0.05) is 4.47 Å². The van der Waals surface area contributed by atoms with Crippen LogP contribution in [0.5, 0.6) is 0 Å². The predicted octanol–water partition coefficient (Wildman–Crippen LogP) is 4.44. The number of amides is 1. The zero-order valence-electron chi connectivity index (χ0n) is 10.8. The number of rotatable bonds is 3. The Morgan fingerprint density at radius 3 is 2.90 bits per heavy atom. The van der Waals surface area contributed by atoms with Gasteiger partial charge in [-0.3, -0.25) is 9.69 Å². The fourth-order valence-electron chi connectivity index (χ4n) is 1.94. The summed E-state index contributed by atoms with van der Waals surface area (Å²) in [6.45, 7) is 0.369. The molecule has 1 aliphatic heterocycles. The van der Waals surface area contributed by atoms with Gasteiger partial charge in [-0.15, -0.1) is 0 Å². The normalized spacial score (nSPS) is 17.0. The zero-order chi connectivity index (χ0) is 14.8. The molecule has 106 valence electrons. The maximum atomic E-state index is 12.4. The standard InChI is InChI=1S/C15H10BrNO2S2/c16-11-4-1-3-10(7-11)8-13-14(18)17(15(20)21-13)9-12-5-2-6-19-12/h1-8H,9H2/b13-8-. The fourth-order valence-corrected chi connectivity index (χ4v) is 3.61. The van der Waals surface area contributed by atoms with Crippen LogP contribution in [0.25, 0.3) is 6.08 Å². The summed E-state index contributed by atoms with van der Waals surface area (Å²) in [5.41, 5.74) is 0.961. The smallest absolute Gasteiger partial charge is 0.266 e. The van der Waals surface area contributed by atoms with Crippen molar-refractivity contribution in [2.45, 2.75) is 6.54 Å². The number of nitrogens with zero attached hydrogens (tertiary/aromatic N) is 1. The lowest BCUT2D eigenvalue weighted by Crippen LogP contribution is -2.27. The molecule has 2 aromatic rings. The van der Waals surface area contributed by atoms with E-state index < -0.39 is 0 Å². The lowest BCUT2D eigenvalue weighted by atomic mass is 10.2. The minimum Gasteiger partial charge on any atom is -0.467 e. The van der Waals surface area contributed by atoms with Crippen LogP contribution >= 0.6 is 39.9 Å². The quantitative estimate of drug-likeness (QED) is 0.582. The van der Waals surface area contributed by atoms with Crippen LogP contribution in [0.15, 0.2) is 56.5 Å². The van der Waals surface area contributed by atoms with Gasteiger partial charge in [-0.05, 0) is 35.9 Å². The van der Waals surface area contributed by atoms with Crippen LogP contribution in [0.2, 0.25) is 0 Å². The van der Waals surface area contributed by atoms with Crippen LogP contribution in [-0.4, -0.2) is 15.1 Å². The molecule has 0 bridgehead atoms. The summed E-state index contributed by atoms with van der Waals surface area (Å²) in [4.78, 5) is 14.6. The second-order valence-corrected chi connectivity index (χ2v) is 6.99.